The van der Waals surface area contributed by atoms with Crippen molar-refractivity contribution >= 4 is 17.5 Å². The predicted molar refractivity (Wildman–Crippen MR) is 75.5 cm³/mol. The van der Waals surface area contributed by atoms with Crippen LogP contribution < -0.4 is 5.32 Å². The van der Waals surface area contributed by atoms with Crippen LogP contribution in [0.5, 0.6) is 0 Å². The molecule has 0 unspecified atom stereocenters. The van der Waals surface area contributed by atoms with Gasteiger partial charge in [-0.15, -0.1) is 11.6 Å². The Kier molecular flexibility index (Phi) is 9.62. The van der Waals surface area contributed by atoms with E-state index in [-0.39, 0.29) is 11.3 Å². The first-order valence-electron chi connectivity index (χ1n) is 6.84. The average molecular weight is 262 g/mol. The van der Waals surface area contributed by atoms with Gasteiger partial charge in [-0.1, -0.05) is 40.0 Å². The van der Waals surface area contributed by atoms with Crippen molar-refractivity contribution < 1.29 is 4.79 Å². The zero-order valence-electron chi connectivity index (χ0n) is 11.7. The maximum absolute atomic E-state index is 11.5. The third kappa shape index (κ3) is 10.6. The summed E-state index contributed by atoms with van der Waals surface area (Å²) in [4.78, 5) is 11.5. The number of hydrogen-bond donors (Lipinski definition) is 1. The molecule has 3 heteroatoms. The van der Waals surface area contributed by atoms with Crippen molar-refractivity contribution in [3.05, 3.63) is 0 Å². The molecule has 0 fully saturated rings. The highest BCUT2D eigenvalue weighted by atomic mass is 35.5. The minimum atomic E-state index is 0.165. The Labute approximate surface area is 111 Å². The van der Waals surface area contributed by atoms with Crippen LogP contribution in [-0.2, 0) is 4.79 Å². The van der Waals surface area contributed by atoms with Crippen molar-refractivity contribution in [3.63, 3.8) is 0 Å². The van der Waals surface area contributed by atoms with Gasteiger partial charge in [-0.2, -0.15) is 0 Å². The van der Waals surface area contributed by atoms with Crippen molar-refractivity contribution in [2.24, 2.45) is 5.41 Å². The van der Waals surface area contributed by atoms with Gasteiger partial charge in [0.2, 0.25) is 5.91 Å². The van der Waals surface area contributed by atoms with Gasteiger partial charge in [-0.3, -0.25) is 4.79 Å². The molecular formula is C14H28ClNO. The first-order chi connectivity index (χ1) is 8.02. The molecule has 0 aliphatic heterocycles. The second-order valence-corrected chi connectivity index (χ2v) is 5.92. The predicted octanol–water partition coefficient (Wildman–Crippen LogP) is 4.12. The van der Waals surface area contributed by atoms with Crippen LogP contribution in [0.3, 0.4) is 0 Å². The molecule has 0 spiro atoms. The van der Waals surface area contributed by atoms with Gasteiger partial charge in [-0.05, 0) is 24.7 Å². The minimum Gasteiger partial charge on any atom is -0.356 e. The van der Waals surface area contributed by atoms with Crippen molar-refractivity contribution in [2.75, 3.05) is 12.4 Å². The SMILES string of the molecule is CCCCCC(C)(C)CNC(=O)CCCCCl. The van der Waals surface area contributed by atoms with Crippen LogP contribution in [0.1, 0.15) is 65.7 Å². The highest BCUT2D eigenvalue weighted by molar-refractivity contribution is 6.17. The topological polar surface area (TPSA) is 29.1 Å². The van der Waals surface area contributed by atoms with Crippen LogP contribution in [0, 0.1) is 5.41 Å². The van der Waals surface area contributed by atoms with E-state index in [9.17, 15) is 4.79 Å². The van der Waals surface area contributed by atoms with E-state index < -0.39 is 0 Å². The Morgan fingerprint density at radius 1 is 1.18 bits per heavy atom. The number of nitrogens with one attached hydrogen (secondary N) is 1. The van der Waals surface area contributed by atoms with E-state index in [1.165, 1.54) is 25.7 Å². The quantitative estimate of drug-likeness (QED) is 0.465. The fourth-order valence-electron chi connectivity index (χ4n) is 1.75. The molecule has 0 heterocycles. The molecule has 0 bridgehead atoms. The van der Waals surface area contributed by atoms with Crippen LogP contribution in [-0.4, -0.2) is 18.3 Å². The highest BCUT2D eigenvalue weighted by Gasteiger charge is 2.17. The summed E-state index contributed by atoms with van der Waals surface area (Å²) in [5.74, 6) is 0.814. The molecule has 0 aromatic rings. The number of unbranched alkanes of at least 4 members (excludes halogenated alkanes) is 3. The van der Waals surface area contributed by atoms with E-state index in [0.29, 0.717) is 12.3 Å². The number of carbonyl (C=O) groups excluding carboxylic acids is 1. The first kappa shape index (κ1) is 16.8. The van der Waals surface area contributed by atoms with Crippen molar-refractivity contribution in [1.29, 1.82) is 0 Å². The van der Waals surface area contributed by atoms with Crippen LogP contribution in [0.25, 0.3) is 0 Å². The molecular weight excluding hydrogens is 234 g/mol. The van der Waals surface area contributed by atoms with Gasteiger partial charge < -0.3 is 5.32 Å². The highest BCUT2D eigenvalue weighted by Crippen LogP contribution is 2.22. The fourth-order valence-corrected chi connectivity index (χ4v) is 1.94. The maximum atomic E-state index is 11.5. The molecule has 0 aromatic carbocycles. The number of halogens is 1. The monoisotopic (exact) mass is 261 g/mol. The molecule has 0 aliphatic carbocycles. The maximum Gasteiger partial charge on any atom is 0.220 e. The van der Waals surface area contributed by atoms with Crippen LogP contribution in [0.2, 0.25) is 0 Å². The van der Waals surface area contributed by atoms with E-state index in [0.717, 1.165) is 19.4 Å². The summed E-state index contributed by atoms with van der Waals surface area (Å²) in [6, 6.07) is 0. The van der Waals surface area contributed by atoms with Gasteiger partial charge in [0.15, 0.2) is 0 Å². The Hall–Kier alpha value is -0.240. The number of hydrogen-bond acceptors (Lipinski definition) is 1. The molecule has 17 heavy (non-hydrogen) atoms. The molecule has 1 amide bonds. The van der Waals surface area contributed by atoms with Gasteiger partial charge in [0.25, 0.3) is 0 Å². The smallest absolute Gasteiger partial charge is 0.220 e. The second kappa shape index (κ2) is 9.76. The molecule has 0 saturated carbocycles. The molecule has 0 aromatic heterocycles. The molecule has 2 nitrogen and oxygen atoms in total. The van der Waals surface area contributed by atoms with Gasteiger partial charge in [-0.25, -0.2) is 0 Å². The molecule has 0 rings (SSSR count). The Morgan fingerprint density at radius 2 is 1.88 bits per heavy atom. The lowest BCUT2D eigenvalue weighted by Crippen LogP contribution is -2.33. The Bertz CT molecular complexity index is 204. The van der Waals surface area contributed by atoms with E-state index in [1.54, 1.807) is 0 Å². The zero-order chi connectivity index (χ0) is 13.1. The lowest BCUT2D eigenvalue weighted by atomic mass is 9.87. The number of rotatable bonds is 10. The van der Waals surface area contributed by atoms with Gasteiger partial charge in [0.05, 0.1) is 0 Å². The Balaban J connectivity index is 3.65. The lowest BCUT2D eigenvalue weighted by molar-refractivity contribution is -0.121. The van der Waals surface area contributed by atoms with Gasteiger partial charge >= 0.3 is 0 Å². The van der Waals surface area contributed by atoms with E-state index in [4.69, 9.17) is 11.6 Å². The standard InChI is InChI=1S/C14H28ClNO/c1-4-5-7-10-14(2,3)12-16-13(17)9-6-8-11-15/h4-12H2,1-3H3,(H,16,17). The fraction of sp³-hybridized carbons (Fsp3) is 0.929. The molecule has 0 atom stereocenters. The molecule has 0 aliphatic rings. The van der Waals surface area contributed by atoms with Gasteiger partial charge in [0.1, 0.15) is 0 Å². The summed E-state index contributed by atoms with van der Waals surface area (Å²) in [5, 5.41) is 3.03. The largest absolute Gasteiger partial charge is 0.356 e. The summed E-state index contributed by atoms with van der Waals surface area (Å²) < 4.78 is 0. The summed E-state index contributed by atoms with van der Waals surface area (Å²) in [6.45, 7) is 7.45. The van der Waals surface area contributed by atoms with Crippen molar-refractivity contribution in [1.82, 2.24) is 5.32 Å². The Morgan fingerprint density at radius 3 is 2.47 bits per heavy atom. The normalized spacial score (nSPS) is 11.5. The second-order valence-electron chi connectivity index (χ2n) is 5.54. The van der Waals surface area contributed by atoms with E-state index in [1.807, 2.05) is 0 Å². The molecule has 102 valence electrons. The number of carbonyl (C=O) groups is 1. The summed E-state index contributed by atoms with van der Waals surface area (Å²) >= 11 is 5.57. The average Bonchev–Trinajstić information content (AvgIpc) is 2.27. The molecule has 1 N–H and O–H groups in total. The summed E-state index contributed by atoms with van der Waals surface area (Å²) in [5.41, 5.74) is 0.220. The van der Waals surface area contributed by atoms with Crippen LogP contribution >= 0.6 is 11.6 Å². The summed E-state index contributed by atoms with van der Waals surface area (Å²) in [6.07, 6.45) is 7.40. The number of alkyl halides is 1. The van der Waals surface area contributed by atoms with Crippen molar-refractivity contribution in [3.8, 4) is 0 Å². The lowest BCUT2D eigenvalue weighted by Gasteiger charge is -2.25. The number of amides is 1. The van der Waals surface area contributed by atoms with E-state index >= 15 is 0 Å². The van der Waals surface area contributed by atoms with Crippen molar-refractivity contribution in [2.45, 2.75) is 65.7 Å². The summed E-state index contributed by atoms with van der Waals surface area (Å²) in [7, 11) is 0. The van der Waals surface area contributed by atoms with Crippen LogP contribution in [0.4, 0.5) is 0 Å². The van der Waals surface area contributed by atoms with E-state index in [2.05, 4.69) is 26.1 Å². The zero-order valence-corrected chi connectivity index (χ0v) is 12.4. The third-order valence-electron chi connectivity index (χ3n) is 3.01. The van der Waals surface area contributed by atoms with Crippen LogP contribution in [0.15, 0.2) is 0 Å². The first-order valence-corrected chi connectivity index (χ1v) is 7.38. The third-order valence-corrected chi connectivity index (χ3v) is 3.28. The molecule has 0 radical (unpaired) electrons. The minimum absolute atomic E-state index is 0.165. The van der Waals surface area contributed by atoms with Gasteiger partial charge in [0, 0.05) is 18.8 Å². The molecule has 0 saturated heterocycles.